The van der Waals surface area contributed by atoms with E-state index in [1.165, 1.54) is 5.56 Å². The third-order valence-corrected chi connectivity index (χ3v) is 4.04. The van der Waals surface area contributed by atoms with Crippen molar-refractivity contribution in [3.63, 3.8) is 0 Å². The lowest BCUT2D eigenvalue weighted by atomic mass is 10.1. The highest BCUT2D eigenvalue weighted by Crippen LogP contribution is 2.18. The van der Waals surface area contributed by atoms with Crippen LogP contribution < -0.4 is 11.1 Å². The van der Waals surface area contributed by atoms with Crippen LogP contribution in [0.3, 0.4) is 0 Å². The highest BCUT2D eigenvalue weighted by atomic mass is 127. The van der Waals surface area contributed by atoms with Crippen molar-refractivity contribution in [3.8, 4) is 0 Å². The van der Waals surface area contributed by atoms with Crippen LogP contribution in [-0.2, 0) is 4.79 Å². The van der Waals surface area contributed by atoms with E-state index in [-0.39, 0.29) is 5.91 Å². The summed E-state index contributed by atoms with van der Waals surface area (Å²) < 4.78 is 1.11. The van der Waals surface area contributed by atoms with Crippen molar-refractivity contribution in [2.45, 2.75) is 13.0 Å². The quantitative estimate of drug-likeness (QED) is 0.820. The van der Waals surface area contributed by atoms with Gasteiger partial charge < -0.3 is 11.1 Å². The fourth-order valence-electron chi connectivity index (χ4n) is 1.70. The Morgan fingerprint density at radius 1 is 1.21 bits per heavy atom. The number of aryl methyl sites for hydroxylation is 1. The number of nitrogens with two attached hydrogens (primary N) is 1. The molecule has 0 radical (unpaired) electrons. The molecule has 1 atom stereocenters. The van der Waals surface area contributed by atoms with Crippen LogP contribution in [-0.4, -0.2) is 5.91 Å². The van der Waals surface area contributed by atoms with E-state index in [0.717, 1.165) is 14.8 Å². The zero-order chi connectivity index (χ0) is 13.8. The number of hydrogen-bond acceptors (Lipinski definition) is 2. The minimum atomic E-state index is -0.653. The Kier molecular flexibility index (Phi) is 4.55. The normalized spacial score (nSPS) is 11.9. The Hall–Kier alpha value is -1.40. The van der Waals surface area contributed by atoms with Gasteiger partial charge in [0.05, 0.1) is 0 Å². The first-order valence-electron chi connectivity index (χ1n) is 5.95. The predicted molar refractivity (Wildman–Crippen MR) is 85.9 cm³/mol. The molecule has 2 rings (SSSR count). The molecular formula is C15H15IN2O. The Balaban J connectivity index is 2.10. The number of amides is 1. The first-order valence-corrected chi connectivity index (χ1v) is 7.03. The molecule has 19 heavy (non-hydrogen) atoms. The summed E-state index contributed by atoms with van der Waals surface area (Å²) in [7, 11) is 0. The van der Waals surface area contributed by atoms with Gasteiger partial charge in [0, 0.05) is 9.26 Å². The van der Waals surface area contributed by atoms with Gasteiger partial charge in [-0.25, -0.2) is 0 Å². The van der Waals surface area contributed by atoms with Crippen LogP contribution in [0.1, 0.15) is 17.2 Å². The average Bonchev–Trinajstić information content (AvgIpc) is 2.43. The maximum atomic E-state index is 12.1. The van der Waals surface area contributed by atoms with Crippen LogP contribution >= 0.6 is 22.6 Å². The monoisotopic (exact) mass is 366 g/mol. The minimum absolute atomic E-state index is 0.203. The van der Waals surface area contributed by atoms with Crippen LogP contribution in [0.2, 0.25) is 0 Å². The van der Waals surface area contributed by atoms with E-state index in [1.54, 1.807) is 0 Å². The smallest absolute Gasteiger partial charge is 0.245 e. The van der Waals surface area contributed by atoms with Crippen LogP contribution in [0.15, 0.2) is 48.5 Å². The number of halogens is 1. The summed E-state index contributed by atoms with van der Waals surface area (Å²) in [6.45, 7) is 2.03. The second kappa shape index (κ2) is 6.16. The van der Waals surface area contributed by atoms with Gasteiger partial charge in [0.1, 0.15) is 6.04 Å². The molecule has 2 aromatic carbocycles. The summed E-state index contributed by atoms with van der Waals surface area (Å²) in [4.78, 5) is 12.1. The number of carbonyl (C=O) groups excluding carboxylic acids is 1. The standard InChI is InChI=1S/C15H15IN2O/c1-10-7-8-12(9-13(10)16)18-15(19)14(17)11-5-3-2-4-6-11/h2-9,14H,17H2,1H3,(H,18,19)/t14-/m0/s1. The largest absolute Gasteiger partial charge is 0.324 e. The molecule has 2 aromatic rings. The molecule has 4 heteroatoms. The van der Waals surface area contributed by atoms with Gasteiger partial charge >= 0.3 is 0 Å². The van der Waals surface area contributed by atoms with Gasteiger partial charge in [0.25, 0.3) is 0 Å². The third-order valence-electron chi connectivity index (χ3n) is 2.88. The Bertz CT molecular complexity index is 584. The first kappa shape index (κ1) is 14.0. The molecule has 0 aromatic heterocycles. The molecule has 0 unspecified atom stereocenters. The summed E-state index contributed by atoms with van der Waals surface area (Å²) >= 11 is 2.24. The maximum absolute atomic E-state index is 12.1. The van der Waals surface area contributed by atoms with Gasteiger partial charge in [-0.3, -0.25) is 4.79 Å². The molecule has 0 saturated carbocycles. The third kappa shape index (κ3) is 3.54. The van der Waals surface area contributed by atoms with E-state index < -0.39 is 6.04 Å². The van der Waals surface area contributed by atoms with E-state index in [1.807, 2.05) is 55.5 Å². The number of nitrogens with one attached hydrogen (secondary N) is 1. The molecule has 98 valence electrons. The van der Waals surface area contributed by atoms with Gasteiger partial charge in [-0.15, -0.1) is 0 Å². The van der Waals surface area contributed by atoms with Crippen LogP contribution in [0.25, 0.3) is 0 Å². The van der Waals surface area contributed by atoms with Crippen LogP contribution in [0.5, 0.6) is 0 Å². The molecule has 0 aliphatic heterocycles. The maximum Gasteiger partial charge on any atom is 0.245 e. The zero-order valence-corrected chi connectivity index (χ0v) is 12.7. The lowest BCUT2D eigenvalue weighted by Gasteiger charge is -2.13. The van der Waals surface area contributed by atoms with Crippen molar-refractivity contribution in [2.75, 3.05) is 5.32 Å². The van der Waals surface area contributed by atoms with Crippen molar-refractivity contribution >= 4 is 34.2 Å². The SMILES string of the molecule is Cc1ccc(NC(=O)[C@@H](N)c2ccccc2)cc1I. The van der Waals surface area contributed by atoms with E-state index >= 15 is 0 Å². The number of carbonyl (C=O) groups is 1. The molecule has 0 heterocycles. The molecule has 0 saturated heterocycles. The topological polar surface area (TPSA) is 55.1 Å². The lowest BCUT2D eigenvalue weighted by Crippen LogP contribution is -2.27. The highest BCUT2D eigenvalue weighted by molar-refractivity contribution is 14.1. The number of rotatable bonds is 3. The van der Waals surface area contributed by atoms with E-state index in [2.05, 4.69) is 27.9 Å². The Morgan fingerprint density at radius 3 is 2.53 bits per heavy atom. The number of benzene rings is 2. The van der Waals surface area contributed by atoms with Crippen molar-refractivity contribution in [1.29, 1.82) is 0 Å². The van der Waals surface area contributed by atoms with Crippen LogP contribution in [0.4, 0.5) is 5.69 Å². The van der Waals surface area contributed by atoms with Crippen molar-refractivity contribution in [3.05, 3.63) is 63.2 Å². The molecule has 3 N–H and O–H groups in total. The molecule has 0 bridgehead atoms. The fraction of sp³-hybridized carbons (Fsp3) is 0.133. The first-order chi connectivity index (χ1) is 9.08. The summed E-state index contributed by atoms with van der Waals surface area (Å²) in [6.07, 6.45) is 0. The summed E-state index contributed by atoms with van der Waals surface area (Å²) in [6, 6.07) is 14.5. The second-order valence-corrected chi connectivity index (χ2v) is 5.50. The molecular weight excluding hydrogens is 351 g/mol. The second-order valence-electron chi connectivity index (χ2n) is 4.34. The van der Waals surface area contributed by atoms with Crippen LogP contribution in [0, 0.1) is 10.5 Å². The van der Waals surface area contributed by atoms with E-state index in [4.69, 9.17) is 5.73 Å². The average molecular weight is 366 g/mol. The van der Waals surface area contributed by atoms with Gasteiger partial charge in [0.15, 0.2) is 0 Å². The predicted octanol–water partition coefficient (Wildman–Crippen LogP) is 3.24. The van der Waals surface area contributed by atoms with E-state index in [0.29, 0.717) is 0 Å². The van der Waals surface area contributed by atoms with Crippen molar-refractivity contribution in [2.24, 2.45) is 5.73 Å². The van der Waals surface area contributed by atoms with Gasteiger partial charge in [-0.1, -0.05) is 36.4 Å². The molecule has 0 spiro atoms. The molecule has 0 aliphatic rings. The zero-order valence-electron chi connectivity index (χ0n) is 10.6. The fourth-order valence-corrected chi connectivity index (χ4v) is 2.22. The van der Waals surface area contributed by atoms with Gasteiger partial charge in [-0.2, -0.15) is 0 Å². The summed E-state index contributed by atoms with van der Waals surface area (Å²) in [5, 5.41) is 2.84. The van der Waals surface area contributed by atoms with Crippen molar-refractivity contribution < 1.29 is 4.79 Å². The molecule has 0 aliphatic carbocycles. The number of hydrogen-bond donors (Lipinski definition) is 2. The minimum Gasteiger partial charge on any atom is -0.324 e. The summed E-state index contributed by atoms with van der Waals surface area (Å²) in [5.41, 5.74) is 8.70. The molecule has 0 fully saturated rings. The number of anilines is 1. The van der Waals surface area contributed by atoms with E-state index in [9.17, 15) is 4.79 Å². The Morgan fingerprint density at radius 2 is 1.89 bits per heavy atom. The summed E-state index contributed by atoms with van der Waals surface area (Å²) in [5.74, 6) is -0.203. The lowest BCUT2D eigenvalue weighted by molar-refractivity contribution is -0.117. The van der Waals surface area contributed by atoms with Gasteiger partial charge in [0.2, 0.25) is 5.91 Å². The van der Waals surface area contributed by atoms with Gasteiger partial charge in [-0.05, 0) is 52.8 Å². The highest BCUT2D eigenvalue weighted by Gasteiger charge is 2.15. The molecule has 3 nitrogen and oxygen atoms in total. The van der Waals surface area contributed by atoms with Crippen molar-refractivity contribution in [1.82, 2.24) is 0 Å². The Labute approximate surface area is 126 Å². The molecule has 1 amide bonds.